The topological polar surface area (TPSA) is 55.9 Å². The smallest absolute Gasteiger partial charge is 0.161 e. The molecule has 0 aliphatic heterocycles. The van der Waals surface area contributed by atoms with Crippen LogP contribution in [0.1, 0.15) is 11.1 Å². The van der Waals surface area contributed by atoms with Crippen LogP contribution < -0.4 is 19.7 Å². The van der Waals surface area contributed by atoms with Crippen molar-refractivity contribution in [1.29, 1.82) is 0 Å². The Balaban J connectivity index is 1.95. The third-order valence-electron chi connectivity index (χ3n) is 3.71. The van der Waals surface area contributed by atoms with Gasteiger partial charge in [0.1, 0.15) is 12.4 Å². The van der Waals surface area contributed by atoms with Gasteiger partial charge in [0.15, 0.2) is 11.5 Å². The summed E-state index contributed by atoms with van der Waals surface area (Å²) in [4.78, 5) is 6.44. The van der Waals surface area contributed by atoms with Crippen molar-refractivity contribution in [3.63, 3.8) is 0 Å². The summed E-state index contributed by atoms with van der Waals surface area (Å²) in [6.45, 7) is 2.52. The van der Waals surface area contributed by atoms with Crippen LogP contribution in [0.3, 0.4) is 0 Å². The first-order valence-electron chi connectivity index (χ1n) is 8.26. The lowest BCUT2D eigenvalue weighted by Gasteiger charge is -2.16. The fourth-order valence-electron chi connectivity index (χ4n) is 2.49. The van der Waals surface area contributed by atoms with E-state index in [2.05, 4.69) is 16.4 Å². The molecule has 0 aliphatic carbocycles. The molecule has 0 bridgehead atoms. The number of rotatable bonds is 10. The Morgan fingerprint density at radius 3 is 2.60 bits per heavy atom. The van der Waals surface area contributed by atoms with Gasteiger partial charge in [0.2, 0.25) is 0 Å². The summed E-state index contributed by atoms with van der Waals surface area (Å²) < 4.78 is 16.1. The molecule has 25 heavy (non-hydrogen) atoms. The second-order valence-corrected chi connectivity index (χ2v) is 5.81. The van der Waals surface area contributed by atoms with Crippen LogP contribution >= 0.6 is 0 Å². The van der Waals surface area contributed by atoms with E-state index in [1.54, 1.807) is 14.2 Å². The summed E-state index contributed by atoms with van der Waals surface area (Å²) in [5.41, 5.74) is 2.30. The van der Waals surface area contributed by atoms with Gasteiger partial charge in [-0.2, -0.15) is 0 Å². The molecule has 6 heteroatoms. The van der Waals surface area contributed by atoms with Gasteiger partial charge in [0.05, 0.1) is 13.7 Å². The average Bonchev–Trinajstić information content (AvgIpc) is 2.63. The van der Waals surface area contributed by atoms with Gasteiger partial charge in [-0.25, -0.2) is 4.98 Å². The monoisotopic (exact) mass is 345 g/mol. The van der Waals surface area contributed by atoms with E-state index >= 15 is 0 Å². The molecule has 0 spiro atoms. The first-order chi connectivity index (χ1) is 12.2. The lowest BCUT2D eigenvalue weighted by Crippen LogP contribution is -2.18. The van der Waals surface area contributed by atoms with Crippen LogP contribution in [0.2, 0.25) is 0 Å². The molecule has 0 saturated heterocycles. The highest BCUT2D eigenvalue weighted by molar-refractivity contribution is 5.45. The Hall–Kier alpha value is -2.31. The highest BCUT2D eigenvalue weighted by Crippen LogP contribution is 2.28. The minimum atomic E-state index is 0.499. The fraction of sp³-hybridized carbons (Fsp3) is 0.421. The van der Waals surface area contributed by atoms with Gasteiger partial charge < -0.3 is 24.4 Å². The molecule has 2 rings (SSSR count). The fourth-order valence-corrected chi connectivity index (χ4v) is 2.49. The molecule has 136 valence electrons. The molecule has 0 atom stereocenters. The zero-order valence-corrected chi connectivity index (χ0v) is 15.4. The summed E-state index contributed by atoms with van der Waals surface area (Å²) in [5, 5.41) is 3.45. The Morgan fingerprint density at radius 2 is 1.88 bits per heavy atom. The number of hydrogen-bond donors (Lipinski definition) is 1. The lowest BCUT2D eigenvalue weighted by molar-refractivity contribution is 0.144. The number of nitrogens with zero attached hydrogens (tertiary/aromatic N) is 2. The molecule has 0 radical (unpaired) electrons. The van der Waals surface area contributed by atoms with E-state index in [1.165, 1.54) is 5.56 Å². The zero-order chi connectivity index (χ0) is 18.1. The first-order valence-corrected chi connectivity index (χ1v) is 8.26. The van der Waals surface area contributed by atoms with Gasteiger partial charge in [0, 0.05) is 46.1 Å². The number of nitrogens with one attached hydrogen (secondary N) is 1. The second kappa shape index (κ2) is 9.86. The normalized spacial score (nSPS) is 10.6. The van der Waals surface area contributed by atoms with E-state index in [1.807, 2.05) is 49.5 Å². The molecule has 0 amide bonds. The largest absolute Gasteiger partial charge is 0.493 e. The van der Waals surface area contributed by atoms with Crippen molar-refractivity contribution in [3.8, 4) is 11.5 Å². The van der Waals surface area contributed by atoms with Crippen LogP contribution in [-0.2, 0) is 17.8 Å². The van der Waals surface area contributed by atoms with Gasteiger partial charge in [-0.1, -0.05) is 12.1 Å². The SMILES string of the molecule is COCCOc1ccc(CNCc2cccnc2N(C)C)cc1OC. The quantitative estimate of drug-likeness (QED) is 0.668. The third kappa shape index (κ3) is 5.62. The number of benzene rings is 1. The Labute approximate surface area is 149 Å². The number of ether oxygens (including phenoxy) is 3. The average molecular weight is 345 g/mol. The molecule has 6 nitrogen and oxygen atoms in total. The van der Waals surface area contributed by atoms with Gasteiger partial charge in [-0.15, -0.1) is 0 Å². The number of pyridine rings is 1. The minimum Gasteiger partial charge on any atom is -0.493 e. The van der Waals surface area contributed by atoms with E-state index in [4.69, 9.17) is 14.2 Å². The third-order valence-corrected chi connectivity index (χ3v) is 3.71. The summed E-state index contributed by atoms with van der Waals surface area (Å²) in [6.07, 6.45) is 1.81. The first kappa shape index (κ1) is 19.0. The molecule has 1 heterocycles. The predicted octanol–water partition coefficient (Wildman–Crippen LogP) is 2.47. The van der Waals surface area contributed by atoms with E-state index in [-0.39, 0.29) is 0 Å². The van der Waals surface area contributed by atoms with Crippen LogP contribution in [0, 0.1) is 0 Å². The number of methoxy groups -OCH3 is 2. The van der Waals surface area contributed by atoms with Crippen molar-refractivity contribution in [3.05, 3.63) is 47.7 Å². The van der Waals surface area contributed by atoms with E-state index in [0.717, 1.165) is 36.0 Å². The summed E-state index contributed by atoms with van der Waals surface area (Å²) in [6, 6.07) is 10.0. The van der Waals surface area contributed by atoms with Crippen LogP contribution in [0.4, 0.5) is 5.82 Å². The van der Waals surface area contributed by atoms with E-state index < -0.39 is 0 Å². The number of aromatic nitrogens is 1. The van der Waals surface area contributed by atoms with Crippen molar-refractivity contribution in [2.45, 2.75) is 13.1 Å². The minimum absolute atomic E-state index is 0.499. The van der Waals surface area contributed by atoms with Crippen molar-refractivity contribution in [2.24, 2.45) is 0 Å². The van der Waals surface area contributed by atoms with Gasteiger partial charge in [0.25, 0.3) is 0 Å². The Morgan fingerprint density at radius 1 is 1.04 bits per heavy atom. The zero-order valence-electron chi connectivity index (χ0n) is 15.4. The molecule has 1 aromatic carbocycles. The van der Waals surface area contributed by atoms with Crippen LogP contribution in [-0.4, -0.2) is 46.5 Å². The molecular weight excluding hydrogens is 318 g/mol. The van der Waals surface area contributed by atoms with Crippen LogP contribution in [0.15, 0.2) is 36.5 Å². The lowest BCUT2D eigenvalue weighted by atomic mass is 10.2. The number of hydrogen-bond acceptors (Lipinski definition) is 6. The Bertz CT molecular complexity index is 662. The summed E-state index contributed by atoms with van der Waals surface area (Å²) in [5.74, 6) is 2.44. The predicted molar refractivity (Wildman–Crippen MR) is 99.5 cm³/mol. The van der Waals surface area contributed by atoms with E-state index in [9.17, 15) is 0 Å². The molecule has 0 fully saturated rings. The highest BCUT2D eigenvalue weighted by atomic mass is 16.5. The molecular formula is C19H27N3O3. The molecule has 0 unspecified atom stereocenters. The molecule has 2 aromatic rings. The Kier molecular flexibility index (Phi) is 7.50. The molecule has 1 N–H and O–H groups in total. The van der Waals surface area contributed by atoms with Gasteiger partial charge in [-0.05, 0) is 23.8 Å². The van der Waals surface area contributed by atoms with Gasteiger partial charge in [-0.3, -0.25) is 0 Å². The summed E-state index contributed by atoms with van der Waals surface area (Å²) >= 11 is 0. The maximum atomic E-state index is 5.66. The summed E-state index contributed by atoms with van der Waals surface area (Å²) in [7, 11) is 7.30. The highest BCUT2D eigenvalue weighted by Gasteiger charge is 2.07. The standard InChI is InChI=1S/C19H27N3O3/c1-22(2)19-16(6-5-9-21-19)14-20-13-15-7-8-17(18(12-15)24-4)25-11-10-23-3/h5-9,12,20H,10-11,13-14H2,1-4H3. The van der Waals surface area contributed by atoms with Crippen LogP contribution in [0.5, 0.6) is 11.5 Å². The maximum Gasteiger partial charge on any atom is 0.161 e. The van der Waals surface area contributed by atoms with E-state index in [0.29, 0.717) is 13.2 Å². The van der Waals surface area contributed by atoms with Crippen molar-refractivity contribution >= 4 is 5.82 Å². The molecule has 1 aromatic heterocycles. The number of anilines is 1. The molecule has 0 saturated carbocycles. The molecule has 0 aliphatic rings. The van der Waals surface area contributed by atoms with Gasteiger partial charge >= 0.3 is 0 Å². The van der Waals surface area contributed by atoms with Crippen LogP contribution in [0.25, 0.3) is 0 Å². The van der Waals surface area contributed by atoms with Crippen molar-refractivity contribution < 1.29 is 14.2 Å². The van der Waals surface area contributed by atoms with Crippen molar-refractivity contribution in [2.75, 3.05) is 46.4 Å². The maximum absolute atomic E-state index is 5.66. The second-order valence-electron chi connectivity index (χ2n) is 5.81. The van der Waals surface area contributed by atoms with Crippen molar-refractivity contribution in [1.82, 2.24) is 10.3 Å².